The van der Waals surface area contributed by atoms with Crippen molar-refractivity contribution in [2.75, 3.05) is 44.8 Å². The lowest BCUT2D eigenvalue weighted by Gasteiger charge is -2.26. The molecular weight excluding hydrogens is 492 g/mol. The van der Waals surface area contributed by atoms with Crippen LogP contribution in [0.4, 0.5) is 5.82 Å². The number of aromatic nitrogens is 5. The number of morpholine rings is 1. The molecule has 5 heterocycles. The van der Waals surface area contributed by atoms with Crippen LogP contribution in [0.1, 0.15) is 15.9 Å². The first kappa shape index (κ1) is 24.9. The second kappa shape index (κ2) is 10.8. The molecule has 0 atom stereocenters. The van der Waals surface area contributed by atoms with E-state index in [-0.39, 0.29) is 0 Å². The molecule has 1 amide bonds. The van der Waals surface area contributed by atoms with Crippen LogP contribution < -0.4 is 4.90 Å². The smallest absolute Gasteiger partial charge is 0.281 e. The minimum atomic E-state index is -0.457. The molecule has 5 aromatic rings. The number of rotatable bonds is 8. The summed E-state index contributed by atoms with van der Waals surface area (Å²) in [4.78, 5) is 30.4. The Hall–Kier alpha value is -4.41. The molecule has 6 rings (SSSR count). The Kier molecular flexibility index (Phi) is 6.87. The molecule has 1 fully saturated rings. The summed E-state index contributed by atoms with van der Waals surface area (Å²) >= 11 is 0. The molecule has 198 valence electrons. The zero-order chi connectivity index (χ0) is 26.8. The average molecular weight is 523 g/mol. The molecule has 1 aliphatic rings. The molecule has 10 nitrogen and oxygen atoms in total. The second-order valence-electron chi connectivity index (χ2n) is 9.66. The summed E-state index contributed by atoms with van der Waals surface area (Å²) in [5.41, 5.74) is 4.50. The summed E-state index contributed by atoms with van der Waals surface area (Å²) < 4.78 is 9.38. The quantitative estimate of drug-likeness (QED) is 0.288. The number of pyridine rings is 1. The standard InChI is InChI=1S/C29H30N8O2/c1-30-29(38)23-18-32-37-26(34(2)19-21-7-4-3-5-8-21)17-25(33-28(23)37)24-20-36(27-22(24)9-6-10-31-27)12-11-35-13-15-39-16-14-35/h3-10,17-18,20H,1,11-16,19H2,2H3. The first-order chi connectivity index (χ1) is 19.1. The highest BCUT2D eigenvalue weighted by molar-refractivity contribution is 6.02. The van der Waals surface area contributed by atoms with Gasteiger partial charge in [-0.1, -0.05) is 30.3 Å². The molecule has 0 spiro atoms. The fourth-order valence-corrected chi connectivity index (χ4v) is 5.10. The van der Waals surface area contributed by atoms with Gasteiger partial charge in [0.1, 0.15) is 17.0 Å². The molecular formula is C29H30N8O2. The van der Waals surface area contributed by atoms with Crippen LogP contribution >= 0.6 is 0 Å². The Labute approximate surface area is 226 Å². The first-order valence-corrected chi connectivity index (χ1v) is 13.0. The number of carbonyl (C=O) groups is 1. The number of aliphatic imine (C=N–C) groups is 1. The van der Waals surface area contributed by atoms with Gasteiger partial charge in [0.15, 0.2) is 5.65 Å². The zero-order valence-electron chi connectivity index (χ0n) is 21.9. The monoisotopic (exact) mass is 522 g/mol. The minimum absolute atomic E-state index is 0.315. The van der Waals surface area contributed by atoms with Crippen LogP contribution in [0.3, 0.4) is 0 Å². The van der Waals surface area contributed by atoms with E-state index in [9.17, 15) is 4.79 Å². The van der Waals surface area contributed by atoms with Crippen molar-refractivity contribution in [3.63, 3.8) is 0 Å². The third kappa shape index (κ3) is 4.91. The summed E-state index contributed by atoms with van der Waals surface area (Å²) in [6.45, 7) is 9.20. The molecule has 1 aliphatic heterocycles. The van der Waals surface area contributed by atoms with Crippen molar-refractivity contribution in [2.45, 2.75) is 13.1 Å². The van der Waals surface area contributed by atoms with Crippen LogP contribution in [0.25, 0.3) is 27.9 Å². The van der Waals surface area contributed by atoms with Gasteiger partial charge in [-0.3, -0.25) is 9.69 Å². The number of hydrogen-bond acceptors (Lipinski definition) is 7. The van der Waals surface area contributed by atoms with Gasteiger partial charge in [-0.15, -0.1) is 0 Å². The molecule has 0 aliphatic carbocycles. The van der Waals surface area contributed by atoms with Crippen LogP contribution in [0.5, 0.6) is 0 Å². The fraction of sp³-hybridized carbons (Fsp3) is 0.276. The summed E-state index contributed by atoms with van der Waals surface area (Å²) in [5.74, 6) is 0.348. The van der Waals surface area contributed by atoms with E-state index in [4.69, 9.17) is 14.7 Å². The highest BCUT2D eigenvalue weighted by Crippen LogP contribution is 2.32. The maximum atomic E-state index is 12.6. The molecule has 0 bridgehead atoms. The van der Waals surface area contributed by atoms with Crippen LogP contribution in [0.2, 0.25) is 0 Å². The third-order valence-corrected chi connectivity index (χ3v) is 7.15. The van der Waals surface area contributed by atoms with E-state index >= 15 is 0 Å². The lowest BCUT2D eigenvalue weighted by molar-refractivity contribution is 0.0365. The lowest BCUT2D eigenvalue weighted by Crippen LogP contribution is -2.38. The topological polar surface area (TPSA) is 93.2 Å². The van der Waals surface area contributed by atoms with Gasteiger partial charge in [0.05, 0.1) is 25.1 Å². The minimum Gasteiger partial charge on any atom is -0.379 e. The maximum absolute atomic E-state index is 12.6. The zero-order valence-corrected chi connectivity index (χ0v) is 21.9. The Morgan fingerprint density at radius 1 is 1.10 bits per heavy atom. The van der Waals surface area contributed by atoms with E-state index in [0.29, 0.717) is 17.8 Å². The van der Waals surface area contributed by atoms with Gasteiger partial charge in [-0.25, -0.2) is 15.0 Å². The lowest BCUT2D eigenvalue weighted by atomic mass is 10.1. The van der Waals surface area contributed by atoms with Gasteiger partial charge in [0, 0.05) is 69.2 Å². The predicted molar refractivity (Wildman–Crippen MR) is 151 cm³/mol. The summed E-state index contributed by atoms with van der Waals surface area (Å²) in [5, 5.41) is 5.51. The highest BCUT2D eigenvalue weighted by Gasteiger charge is 2.21. The number of anilines is 1. The van der Waals surface area contributed by atoms with E-state index in [0.717, 1.165) is 73.1 Å². The van der Waals surface area contributed by atoms with Crippen LogP contribution in [-0.2, 0) is 17.8 Å². The van der Waals surface area contributed by atoms with Crippen molar-refractivity contribution >= 4 is 35.1 Å². The number of ether oxygens (including phenoxy) is 1. The number of carbonyl (C=O) groups excluding carboxylic acids is 1. The molecule has 0 radical (unpaired) electrons. The Morgan fingerprint density at radius 2 is 1.92 bits per heavy atom. The van der Waals surface area contributed by atoms with Gasteiger partial charge in [-0.05, 0) is 24.4 Å². The third-order valence-electron chi connectivity index (χ3n) is 7.15. The van der Waals surface area contributed by atoms with Crippen LogP contribution in [0.15, 0.2) is 72.1 Å². The van der Waals surface area contributed by atoms with Gasteiger partial charge < -0.3 is 14.2 Å². The van der Waals surface area contributed by atoms with E-state index in [2.05, 4.69) is 55.6 Å². The van der Waals surface area contributed by atoms with Crippen LogP contribution in [-0.4, -0.2) is 81.6 Å². The number of fused-ring (bicyclic) bond motifs is 2. The fourth-order valence-electron chi connectivity index (χ4n) is 5.10. The van der Waals surface area contributed by atoms with E-state index in [1.165, 1.54) is 6.20 Å². The van der Waals surface area contributed by atoms with Crippen molar-refractivity contribution < 1.29 is 9.53 Å². The Bertz CT molecular complexity index is 1640. The van der Waals surface area contributed by atoms with Crippen molar-refractivity contribution in [3.8, 4) is 11.3 Å². The van der Waals surface area contributed by atoms with E-state index < -0.39 is 5.91 Å². The molecule has 1 aromatic carbocycles. The normalized spacial score (nSPS) is 14.2. The van der Waals surface area contributed by atoms with Gasteiger partial charge in [0.2, 0.25) is 0 Å². The summed E-state index contributed by atoms with van der Waals surface area (Å²) in [6, 6.07) is 16.2. The highest BCUT2D eigenvalue weighted by atomic mass is 16.5. The molecule has 39 heavy (non-hydrogen) atoms. The summed E-state index contributed by atoms with van der Waals surface area (Å²) in [6.07, 6.45) is 5.44. The Morgan fingerprint density at radius 3 is 2.72 bits per heavy atom. The SMILES string of the molecule is C=NC(=O)c1cnn2c(N(C)Cc3ccccc3)cc(-c3cn(CCN4CCOCC4)c4ncccc34)nc12. The van der Waals surface area contributed by atoms with E-state index in [1.807, 2.05) is 43.6 Å². The van der Waals surface area contributed by atoms with E-state index in [1.54, 1.807) is 4.52 Å². The average Bonchev–Trinajstić information content (AvgIpc) is 3.58. The van der Waals surface area contributed by atoms with Crippen LogP contribution in [0, 0.1) is 0 Å². The van der Waals surface area contributed by atoms with Gasteiger partial charge in [-0.2, -0.15) is 9.61 Å². The van der Waals surface area contributed by atoms with Gasteiger partial charge in [0.25, 0.3) is 5.91 Å². The number of amides is 1. The molecule has 0 unspecified atom stereocenters. The van der Waals surface area contributed by atoms with Gasteiger partial charge >= 0.3 is 0 Å². The summed E-state index contributed by atoms with van der Waals surface area (Å²) in [7, 11) is 2.01. The first-order valence-electron chi connectivity index (χ1n) is 13.0. The number of hydrogen-bond donors (Lipinski definition) is 0. The van der Waals surface area contributed by atoms with Crippen molar-refractivity contribution in [2.24, 2.45) is 4.99 Å². The maximum Gasteiger partial charge on any atom is 0.281 e. The molecule has 10 heteroatoms. The van der Waals surface area contributed by atoms with Crippen molar-refractivity contribution in [1.29, 1.82) is 0 Å². The predicted octanol–water partition coefficient (Wildman–Crippen LogP) is 3.56. The molecule has 1 saturated heterocycles. The second-order valence-corrected chi connectivity index (χ2v) is 9.66. The largest absolute Gasteiger partial charge is 0.379 e. The van der Waals surface area contributed by atoms with Crippen molar-refractivity contribution in [1.82, 2.24) is 29.0 Å². The number of benzene rings is 1. The molecule has 0 saturated carbocycles. The molecule has 0 N–H and O–H groups in total. The number of nitrogens with zero attached hydrogens (tertiary/aromatic N) is 8. The van der Waals surface area contributed by atoms with Crippen molar-refractivity contribution in [3.05, 3.63) is 78.2 Å². The molecule has 4 aromatic heterocycles. The Balaban J connectivity index is 1.45.